The zero-order valence-corrected chi connectivity index (χ0v) is 19.1. The highest BCUT2D eigenvalue weighted by Crippen LogP contribution is 2.15. The van der Waals surface area contributed by atoms with Gasteiger partial charge in [0.25, 0.3) is 0 Å². The van der Waals surface area contributed by atoms with Crippen LogP contribution < -0.4 is 16.0 Å². The van der Waals surface area contributed by atoms with E-state index in [0.717, 1.165) is 24.8 Å². The second-order valence-electron chi connectivity index (χ2n) is 6.28. The van der Waals surface area contributed by atoms with Crippen LogP contribution in [0.2, 0.25) is 0 Å². The van der Waals surface area contributed by atoms with E-state index in [1.807, 2.05) is 45.9 Å². The fourth-order valence-electron chi connectivity index (χ4n) is 1.84. The number of aliphatic imine (C=N–C) groups is 1. The number of benzene rings is 1. The van der Waals surface area contributed by atoms with E-state index in [0.29, 0.717) is 13.1 Å². The highest BCUT2D eigenvalue weighted by molar-refractivity contribution is 14.0. The fraction of sp³-hybridized carbons (Fsp3) is 0.556. The molecule has 6 nitrogen and oxygen atoms in total. The summed E-state index contributed by atoms with van der Waals surface area (Å²) in [5.74, 6) is 1.70. The molecule has 1 amide bonds. The number of amides is 1. The van der Waals surface area contributed by atoms with Crippen molar-refractivity contribution in [3.05, 3.63) is 30.3 Å². The predicted molar refractivity (Wildman–Crippen MR) is 121 cm³/mol. The topological polar surface area (TPSA) is 74.8 Å². The molecule has 0 saturated heterocycles. The zero-order valence-electron chi connectivity index (χ0n) is 16.0. The molecule has 0 radical (unpaired) electrons. The molecular weight excluding hydrogens is 463 g/mol. The summed E-state index contributed by atoms with van der Waals surface area (Å²) in [4.78, 5) is 17.3. The fourth-order valence-corrected chi connectivity index (χ4v) is 2.63. The average Bonchev–Trinajstić information content (AvgIpc) is 2.54. The van der Waals surface area contributed by atoms with E-state index in [2.05, 4.69) is 33.1 Å². The van der Waals surface area contributed by atoms with E-state index in [1.54, 1.807) is 11.8 Å². The minimum absolute atomic E-state index is 0. The van der Waals surface area contributed by atoms with Crippen molar-refractivity contribution in [2.75, 3.05) is 31.9 Å². The highest BCUT2D eigenvalue weighted by Gasteiger charge is 2.15. The monoisotopic (exact) mass is 494 g/mol. The molecule has 0 aliphatic heterocycles. The molecule has 0 atom stereocenters. The number of nitrogens with zero attached hydrogens (tertiary/aromatic N) is 1. The summed E-state index contributed by atoms with van der Waals surface area (Å²) in [5, 5.41) is 9.18. The number of halogens is 1. The van der Waals surface area contributed by atoms with E-state index in [-0.39, 0.29) is 24.0 Å². The Morgan fingerprint density at radius 1 is 1.12 bits per heavy atom. The van der Waals surface area contributed by atoms with Crippen molar-refractivity contribution < 1.29 is 9.53 Å². The van der Waals surface area contributed by atoms with Crippen LogP contribution in [-0.4, -0.2) is 49.6 Å². The van der Waals surface area contributed by atoms with Crippen LogP contribution in [0, 0.1) is 0 Å². The van der Waals surface area contributed by atoms with E-state index in [9.17, 15) is 4.79 Å². The maximum atomic E-state index is 11.6. The van der Waals surface area contributed by atoms with Crippen LogP contribution in [0.4, 0.5) is 4.79 Å². The Morgan fingerprint density at radius 2 is 1.81 bits per heavy atom. The highest BCUT2D eigenvalue weighted by atomic mass is 127. The molecule has 0 unspecified atom stereocenters. The van der Waals surface area contributed by atoms with Crippen molar-refractivity contribution in [1.82, 2.24) is 16.0 Å². The van der Waals surface area contributed by atoms with Crippen LogP contribution in [0.5, 0.6) is 0 Å². The van der Waals surface area contributed by atoms with Gasteiger partial charge in [0, 0.05) is 30.3 Å². The van der Waals surface area contributed by atoms with E-state index < -0.39 is 11.7 Å². The Morgan fingerprint density at radius 3 is 2.42 bits per heavy atom. The molecule has 8 heteroatoms. The lowest BCUT2D eigenvalue weighted by molar-refractivity contribution is 0.0529. The quantitative estimate of drug-likeness (QED) is 0.170. The first-order valence-corrected chi connectivity index (χ1v) is 9.56. The maximum Gasteiger partial charge on any atom is 0.407 e. The summed E-state index contributed by atoms with van der Waals surface area (Å²) in [6.07, 6.45) is -0.417. The van der Waals surface area contributed by atoms with Crippen LogP contribution in [0.3, 0.4) is 0 Å². The number of carbonyl (C=O) groups excluding carboxylic acids is 1. The molecule has 0 spiro atoms. The largest absolute Gasteiger partial charge is 0.444 e. The first-order chi connectivity index (χ1) is 11.9. The van der Waals surface area contributed by atoms with Gasteiger partial charge in [0.15, 0.2) is 5.96 Å². The molecule has 0 aliphatic rings. The number of nitrogens with one attached hydrogen (secondary N) is 3. The summed E-state index contributed by atoms with van der Waals surface area (Å²) in [6.45, 7) is 10.1. The SMILES string of the molecule is CCNC(=NCCNC(=O)OC(C)(C)C)NCCSc1ccccc1.I. The predicted octanol–water partition coefficient (Wildman–Crippen LogP) is 3.48. The molecule has 0 heterocycles. The number of rotatable bonds is 8. The summed E-state index contributed by atoms with van der Waals surface area (Å²) < 4.78 is 5.18. The number of guanidine groups is 1. The molecule has 3 N–H and O–H groups in total. The standard InChI is InChI=1S/C18H30N4O2S.HI/c1-5-19-16(20-11-12-22-17(23)24-18(2,3)4)21-13-14-25-15-9-7-6-8-10-15;/h6-10H,5,11-14H2,1-4H3,(H,22,23)(H2,19,20,21);1H. The van der Waals surface area contributed by atoms with Crippen molar-refractivity contribution in [2.24, 2.45) is 4.99 Å². The molecule has 0 aliphatic carbocycles. The molecule has 1 aromatic rings. The van der Waals surface area contributed by atoms with Gasteiger partial charge in [-0.3, -0.25) is 4.99 Å². The maximum absolute atomic E-state index is 11.6. The number of thioether (sulfide) groups is 1. The lowest BCUT2D eigenvalue weighted by atomic mass is 10.2. The van der Waals surface area contributed by atoms with Gasteiger partial charge in [-0.1, -0.05) is 18.2 Å². The molecule has 0 bridgehead atoms. The van der Waals surface area contributed by atoms with Crippen LogP contribution in [0.25, 0.3) is 0 Å². The van der Waals surface area contributed by atoms with Crippen molar-refractivity contribution in [1.29, 1.82) is 0 Å². The Balaban J connectivity index is 0.00000625. The first-order valence-electron chi connectivity index (χ1n) is 8.57. The molecule has 0 aromatic heterocycles. The first kappa shape index (κ1) is 24.8. The zero-order chi connectivity index (χ0) is 18.5. The van der Waals surface area contributed by atoms with Crippen LogP contribution in [-0.2, 0) is 4.74 Å². The lowest BCUT2D eigenvalue weighted by Crippen LogP contribution is -2.39. The van der Waals surface area contributed by atoms with E-state index >= 15 is 0 Å². The van der Waals surface area contributed by atoms with Crippen molar-refractivity contribution >= 4 is 47.8 Å². The second-order valence-corrected chi connectivity index (χ2v) is 7.45. The Hall–Kier alpha value is -1.16. The lowest BCUT2D eigenvalue weighted by Gasteiger charge is -2.19. The average molecular weight is 494 g/mol. The van der Waals surface area contributed by atoms with Crippen LogP contribution in [0.1, 0.15) is 27.7 Å². The Labute approximate surface area is 178 Å². The van der Waals surface area contributed by atoms with Gasteiger partial charge in [0.1, 0.15) is 5.60 Å². The molecule has 1 aromatic carbocycles. The summed E-state index contributed by atoms with van der Waals surface area (Å²) in [6, 6.07) is 10.3. The number of hydrogen-bond acceptors (Lipinski definition) is 4. The molecule has 1 rings (SSSR count). The summed E-state index contributed by atoms with van der Waals surface area (Å²) >= 11 is 1.80. The van der Waals surface area contributed by atoms with Crippen molar-refractivity contribution in [3.8, 4) is 0 Å². The van der Waals surface area contributed by atoms with Gasteiger partial charge in [-0.25, -0.2) is 4.79 Å². The van der Waals surface area contributed by atoms with E-state index in [1.165, 1.54) is 4.90 Å². The van der Waals surface area contributed by atoms with Gasteiger partial charge in [0.2, 0.25) is 0 Å². The number of ether oxygens (including phenoxy) is 1. The van der Waals surface area contributed by atoms with Crippen LogP contribution in [0.15, 0.2) is 40.2 Å². The van der Waals surface area contributed by atoms with Gasteiger partial charge in [-0.2, -0.15) is 0 Å². The second kappa shape index (κ2) is 14.0. The smallest absolute Gasteiger partial charge is 0.407 e. The minimum atomic E-state index is -0.486. The van der Waals surface area contributed by atoms with Crippen molar-refractivity contribution in [2.45, 2.75) is 38.2 Å². The summed E-state index contributed by atoms with van der Waals surface area (Å²) in [5.41, 5.74) is -0.486. The normalized spacial score (nSPS) is 11.3. The van der Waals surface area contributed by atoms with Gasteiger partial charge in [0.05, 0.1) is 6.54 Å². The number of alkyl carbamates (subject to hydrolysis) is 1. The third-order valence-corrected chi connectivity index (χ3v) is 3.81. The summed E-state index contributed by atoms with van der Waals surface area (Å²) in [7, 11) is 0. The minimum Gasteiger partial charge on any atom is -0.444 e. The molecule has 0 saturated carbocycles. The third-order valence-electron chi connectivity index (χ3n) is 2.80. The Kier molecular flexibility index (Phi) is 13.3. The number of carbonyl (C=O) groups is 1. The third kappa shape index (κ3) is 13.1. The van der Waals surface area contributed by atoms with Gasteiger partial charge >= 0.3 is 6.09 Å². The van der Waals surface area contributed by atoms with Gasteiger partial charge < -0.3 is 20.7 Å². The molecule has 0 fully saturated rings. The van der Waals surface area contributed by atoms with Crippen molar-refractivity contribution in [3.63, 3.8) is 0 Å². The Bertz CT molecular complexity index is 536. The number of hydrogen-bond donors (Lipinski definition) is 3. The molecule has 148 valence electrons. The van der Waals surface area contributed by atoms with Gasteiger partial charge in [-0.15, -0.1) is 35.7 Å². The van der Waals surface area contributed by atoms with Gasteiger partial charge in [-0.05, 0) is 39.8 Å². The van der Waals surface area contributed by atoms with Crippen LogP contribution >= 0.6 is 35.7 Å². The molecular formula is C18H31IN4O2S. The van der Waals surface area contributed by atoms with E-state index in [4.69, 9.17) is 4.74 Å². The molecule has 26 heavy (non-hydrogen) atoms.